The first-order chi connectivity index (χ1) is 13.4. The molecule has 3 N–H and O–H groups in total. The Kier molecular flexibility index (Phi) is 6.11. The van der Waals surface area contributed by atoms with Gasteiger partial charge >= 0.3 is 5.97 Å². The van der Waals surface area contributed by atoms with Gasteiger partial charge in [-0.1, -0.05) is 64.5 Å². The molecule has 6 heteroatoms. The normalized spacial score (nSPS) is 13.1. The molecule has 0 aliphatic carbocycles. The van der Waals surface area contributed by atoms with Crippen molar-refractivity contribution in [3.05, 3.63) is 76.8 Å². The number of rotatable bonds is 6. The van der Waals surface area contributed by atoms with E-state index in [1.54, 1.807) is 6.07 Å². The molecule has 0 aliphatic rings. The van der Waals surface area contributed by atoms with Crippen LogP contribution in [-0.4, -0.2) is 29.1 Å². The molecule has 0 bridgehead atoms. The Morgan fingerprint density at radius 3 is 2.36 bits per heavy atom. The number of aliphatic carboxylic acids is 1. The number of carbonyl (C=O) groups is 2. The molecular formula is C22H21BrN2O3. The lowest BCUT2D eigenvalue weighted by atomic mass is 10.0. The van der Waals surface area contributed by atoms with Gasteiger partial charge < -0.3 is 10.8 Å². The molecule has 2 unspecified atom stereocenters. The van der Waals surface area contributed by atoms with Gasteiger partial charge in [-0.3, -0.25) is 9.69 Å². The maximum absolute atomic E-state index is 13.2. The standard InChI is InChI=1S/C22H21BrN2O3/c1-14(22(27)28)25(20-8-4-6-16-5-2-3-7-18(16)20)21(26)19(24)13-15-9-11-17(23)12-10-15/h2-12,14,19H,13,24H2,1H3,(H,27,28). The summed E-state index contributed by atoms with van der Waals surface area (Å²) in [7, 11) is 0. The van der Waals surface area contributed by atoms with Crippen molar-refractivity contribution in [2.24, 2.45) is 5.73 Å². The number of carbonyl (C=O) groups excluding carboxylic acids is 1. The molecule has 0 heterocycles. The number of anilines is 1. The lowest BCUT2D eigenvalue weighted by Gasteiger charge is -2.30. The third kappa shape index (κ3) is 4.24. The van der Waals surface area contributed by atoms with Crippen molar-refractivity contribution >= 4 is 44.3 Å². The Labute approximate surface area is 171 Å². The second-order valence-corrected chi connectivity index (χ2v) is 7.57. The molecule has 3 aromatic rings. The number of benzene rings is 3. The molecule has 0 radical (unpaired) electrons. The minimum atomic E-state index is -1.09. The highest BCUT2D eigenvalue weighted by atomic mass is 79.9. The van der Waals surface area contributed by atoms with Crippen LogP contribution in [0.5, 0.6) is 0 Å². The number of halogens is 1. The molecule has 0 saturated carbocycles. The van der Waals surface area contributed by atoms with Crippen LogP contribution in [0.2, 0.25) is 0 Å². The molecule has 5 nitrogen and oxygen atoms in total. The fraction of sp³-hybridized carbons (Fsp3) is 0.182. The van der Waals surface area contributed by atoms with Crippen molar-refractivity contribution in [2.45, 2.75) is 25.4 Å². The maximum Gasteiger partial charge on any atom is 0.326 e. The molecule has 2 atom stereocenters. The number of carboxylic acids is 1. The van der Waals surface area contributed by atoms with E-state index in [-0.39, 0.29) is 0 Å². The second kappa shape index (κ2) is 8.54. The van der Waals surface area contributed by atoms with E-state index in [9.17, 15) is 14.7 Å². The van der Waals surface area contributed by atoms with Gasteiger partial charge in [0.15, 0.2) is 0 Å². The van der Waals surface area contributed by atoms with Crippen LogP contribution in [0.4, 0.5) is 5.69 Å². The fourth-order valence-corrected chi connectivity index (χ4v) is 3.45. The molecule has 0 saturated heterocycles. The van der Waals surface area contributed by atoms with E-state index < -0.39 is 24.0 Å². The smallest absolute Gasteiger partial charge is 0.326 e. The molecule has 0 fully saturated rings. The average Bonchev–Trinajstić information content (AvgIpc) is 2.69. The van der Waals surface area contributed by atoms with Crippen molar-refractivity contribution in [1.29, 1.82) is 0 Å². The summed E-state index contributed by atoms with van der Waals surface area (Å²) in [6.45, 7) is 1.49. The molecular weight excluding hydrogens is 420 g/mol. The molecule has 1 amide bonds. The molecule has 144 valence electrons. The van der Waals surface area contributed by atoms with Crippen LogP contribution < -0.4 is 10.6 Å². The van der Waals surface area contributed by atoms with Crippen LogP contribution in [-0.2, 0) is 16.0 Å². The second-order valence-electron chi connectivity index (χ2n) is 6.66. The Hall–Kier alpha value is -2.70. The highest BCUT2D eigenvalue weighted by molar-refractivity contribution is 9.10. The van der Waals surface area contributed by atoms with Gasteiger partial charge in [0.05, 0.1) is 11.7 Å². The Balaban J connectivity index is 1.98. The van der Waals surface area contributed by atoms with Crippen LogP contribution in [0.1, 0.15) is 12.5 Å². The first-order valence-corrected chi connectivity index (χ1v) is 9.71. The minimum absolute atomic E-state index is 0.319. The van der Waals surface area contributed by atoms with Crippen molar-refractivity contribution in [2.75, 3.05) is 4.90 Å². The van der Waals surface area contributed by atoms with E-state index in [0.29, 0.717) is 12.1 Å². The number of carboxylic acid groups (broad SMARTS) is 1. The van der Waals surface area contributed by atoms with E-state index in [2.05, 4.69) is 15.9 Å². The zero-order chi connectivity index (χ0) is 20.3. The Morgan fingerprint density at radius 2 is 1.68 bits per heavy atom. The predicted octanol–water partition coefficient (Wildman–Crippen LogP) is 3.98. The molecule has 3 rings (SSSR count). The summed E-state index contributed by atoms with van der Waals surface area (Å²) in [5.41, 5.74) is 7.66. The largest absolute Gasteiger partial charge is 0.480 e. The van der Waals surface area contributed by atoms with Crippen LogP contribution in [0.15, 0.2) is 71.2 Å². The van der Waals surface area contributed by atoms with Gasteiger partial charge in [-0.2, -0.15) is 0 Å². The molecule has 0 spiro atoms. The monoisotopic (exact) mass is 440 g/mol. The quantitative estimate of drug-likeness (QED) is 0.606. The van der Waals surface area contributed by atoms with Crippen LogP contribution in [0.3, 0.4) is 0 Å². The van der Waals surface area contributed by atoms with Gasteiger partial charge in [0.1, 0.15) is 6.04 Å². The number of nitrogens with zero attached hydrogens (tertiary/aromatic N) is 1. The Morgan fingerprint density at radius 1 is 1.04 bits per heavy atom. The number of hydrogen-bond donors (Lipinski definition) is 2. The molecule has 0 aliphatic heterocycles. The lowest BCUT2D eigenvalue weighted by molar-refractivity contribution is -0.139. The third-order valence-corrected chi connectivity index (χ3v) is 5.22. The minimum Gasteiger partial charge on any atom is -0.480 e. The van der Waals surface area contributed by atoms with Crippen molar-refractivity contribution < 1.29 is 14.7 Å². The number of nitrogens with two attached hydrogens (primary N) is 1. The predicted molar refractivity (Wildman–Crippen MR) is 114 cm³/mol. The summed E-state index contributed by atoms with van der Waals surface area (Å²) in [6.07, 6.45) is 0.319. The lowest BCUT2D eigenvalue weighted by Crippen LogP contribution is -2.51. The molecule has 0 aromatic heterocycles. The fourth-order valence-electron chi connectivity index (χ4n) is 3.19. The summed E-state index contributed by atoms with van der Waals surface area (Å²) >= 11 is 3.38. The van der Waals surface area contributed by atoms with Gasteiger partial charge in [-0.05, 0) is 42.5 Å². The zero-order valence-electron chi connectivity index (χ0n) is 15.4. The summed E-state index contributed by atoms with van der Waals surface area (Å²) in [5.74, 6) is -1.51. The van der Waals surface area contributed by atoms with Crippen LogP contribution >= 0.6 is 15.9 Å². The summed E-state index contributed by atoms with van der Waals surface area (Å²) < 4.78 is 0.938. The average molecular weight is 441 g/mol. The van der Waals surface area contributed by atoms with Gasteiger partial charge in [-0.15, -0.1) is 0 Å². The van der Waals surface area contributed by atoms with Crippen LogP contribution in [0.25, 0.3) is 10.8 Å². The number of fused-ring (bicyclic) bond motifs is 1. The number of hydrogen-bond acceptors (Lipinski definition) is 3. The van der Waals surface area contributed by atoms with Crippen LogP contribution in [0, 0.1) is 0 Å². The first-order valence-electron chi connectivity index (χ1n) is 8.92. The summed E-state index contributed by atoms with van der Waals surface area (Å²) in [4.78, 5) is 26.3. The van der Waals surface area contributed by atoms with Crippen molar-refractivity contribution in [1.82, 2.24) is 0 Å². The highest BCUT2D eigenvalue weighted by Crippen LogP contribution is 2.29. The van der Waals surface area contributed by atoms with E-state index >= 15 is 0 Å². The van der Waals surface area contributed by atoms with Gasteiger partial charge in [0.25, 0.3) is 0 Å². The molecule has 3 aromatic carbocycles. The topological polar surface area (TPSA) is 83.6 Å². The highest BCUT2D eigenvalue weighted by Gasteiger charge is 2.31. The summed E-state index contributed by atoms with van der Waals surface area (Å²) in [5, 5.41) is 11.3. The third-order valence-electron chi connectivity index (χ3n) is 4.69. The maximum atomic E-state index is 13.2. The van der Waals surface area contributed by atoms with E-state index in [4.69, 9.17) is 5.73 Å². The SMILES string of the molecule is CC(C(=O)O)N(C(=O)C(N)Cc1ccc(Br)cc1)c1cccc2ccccc12. The van der Waals surface area contributed by atoms with Gasteiger partial charge in [0, 0.05) is 9.86 Å². The van der Waals surface area contributed by atoms with E-state index in [0.717, 1.165) is 20.8 Å². The first kappa shape index (κ1) is 20.0. The molecule has 28 heavy (non-hydrogen) atoms. The van der Waals surface area contributed by atoms with E-state index in [1.165, 1.54) is 11.8 Å². The Bertz CT molecular complexity index is 999. The van der Waals surface area contributed by atoms with Gasteiger partial charge in [0.2, 0.25) is 5.91 Å². The van der Waals surface area contributed by atoms with E-state index in [1.807, 2.05) is 60.7 Å². The zero-order valence-corrected chi connectivity index (χ0v) is 17.0. The number of amides is 1. The van der Waals surface area contributed by atoms with Crippen molar-refractivity contribution in [3.8, 4) is 0 Å². The van der Waals surface area contributed by atoms with Gasteiger partial charge in [-0.25, -0.2) is 4.79 Å². The van der Waals surface area contributed by atoms with Crippen molar-refractivity contribution in [3.63, 3.8) is 0 Å². The summed E-state index contributed by atoms with van der Waals surface area (Å²) in [6, 6.07) is 18.7.